The number of hydrazone groups is 1. The van der Waals surface area contributed by atoms with Crippen LogP contribution in [-0.2, 0) is 12.8 Å². The molecule has 1 heterocycles. The van der Waals surface area contributed by atoms with Gasteiger partial charge in [0, 0.05) is 11.8 Å². The zero-order valence-electron chi connectivity index (χ0n) is 16.7. The van der Waals surface area contributed by atoms with E-state index in [1.807, 2.05) is 0 Å². The molecule has 31 heavy (non-hydrogen) atoms. The molecular weight excluding hydrogens is 413 g/mol. The van der Waals surface area contributed by atoms with Gasteiger partial charge < -0.3 is 9.47 Å². The highest BCUT2D eigenvalue weighted by Crippen LogP contribution is 2.31. The number of rotatable bonds is 7. The molecule has 2 aromatic carbocycles. The number of aromatic nitrogens is 2. The number of ether oxygens (including phenoxy) is 2. The summed E-state index contributed by atoms with van der Waals surface area (Å²) in [6, 6.07) is 11.3. The van der Waals surface area contributed by atoms with Crippen molar-refractivity contribution in [2.45, 2.75) is 19.7 Å². The minimum absolute atomic E-state index is 0.0539. The molecule has 0 aliphatic carbocycles. The van der Waals surface area contributed by atoms with E-state index in [0.29, 0.717) is 28.3 Å². The maximum Gasteiger partial charge on any atom is 0.416 e. The van der Waals surface area contributed by atoms with Crippen molar-refractivity contribution in [3.63, 3.8) is 0 Å². The molecule has 162 valence electrons. The smallest absolute Gasteiger partial charge is 0.416 e. The summed E-state index contributed by atoms with van der Waals surface area (Å²) in [5.41, 5.74) is 3.19. The van der Waals surface area contributed by atoms with E-state index in [4.69, 9.17) is 9.47 Å². The van der Waals surface area contributed by atoms with Crippen LogP contribution in [0.2, 0.25) is 0 Å². The number of methoxy groups -OCH3 is 1. The van der Waals surface area contributed by atoms with Gasteiger partial charge in [-0.15, -0.1) is 0 Å². The van der Waals surface area contributed by atoms with E-state index < -0.39 is 11.7 Å². The van der Waals surface area contributed by atoms with Crippen LogP contribution in [0.3, 0.4) is 0 Å². The topological polar surface area (TPSA) is 88.6 Å². The Morgan fingerprint density at radius 3 is 2.68 bits per heavy atom. The summed E-state index contributed by atoms with van der Waals surface area (Å²) in [7, 11) is 1.45. The van der Waals surface area contributed by atoms with E-state index in [-0.39, 0.29) is 18.1 Å². The second-order valence-corrected chi connectivity index (χ2v) is 6.50. The van der Waals surface area contributed by atoms with Crippen LogP contribution in [0.25, 0.3) is 0 Å². The first-order valence-corrected chi connectivity index (χ1v) is 9.08. The zero-order chi connectivity index (χ0) is 22.4. The molecule has 0 aliphatic heterocycles. The van der Waals surface area contributed by atoms with E-state index in [2.05, 4.69) is 20.5 Å². The minimum atomic E-state index is -4.41. The lowest BCUT2D eigenvalue weighted by atomic mass is 10.1. The molecule has 0 aliphatic rings. The van der Waals surface area contributed by atoms with Gasteiger partial charge in [0.25, 0.3) is 5.56 Å². The summed E-state index contributed by atoms with van der Waals surface area (Å²) < 4.78 is 49.5. The molecule has 3 rings (SSSR count). The normalized spacial score (nSPS) is 11.5. The average Bonchev–Trinajstić information content (AvgIpc) is 2.71. The molecule has 0 unspecified atom stereocenters. The Labute approximate surface area is 175 Å². The Morgan fingerprint density at radius 1 is 1.16 bits per heavy atom. The third-order valence-electron chi connectivity index (χ3n) is 4.09. The average molecular weight is 432 g/mol. The van der Waals surface area contributed by atoms with Crippen molar-refractivity contribution in [3.05, 3.63) is 81.3 Å². The number of anilines is 1. The van der Waals surface area contributed by atoms with Crippen LogP contribution in [0, 0.1) is 6.92 Å². The molecule has 10 heteroatoms. The summed E-state index contributed by atoms with van der Waals surface area (Å²) in [6.07, 6.45) is -2.93. The predicted molar refractivity (Wildman–Crippen MR) is 110 cm³/mol. The van der Waals surface area contributed by atoms with Gasteiger partial charge in [-0.1, -0.05) is 12.1 Å². The monoisotopic (exact) mass is 432 g/mol. The van der Waals surface area contributed by atoms with Gasteiger partial charge in [0.2, 0.25) is 5.95 Å². The van der Waals surface area contributed by atoms with Crippen LogP contribution < -0.4 is 20.5 Å². The van der Waals surface area contributed by atoms with E-state index >= 15 is 0 Å². The molecule has 7 nitrogen and oxygen atoms in total. The zero-order valence-corrected chi connectivity index (χ0v) is 16.7. The highest BCUT2D eigenvalue weighted by atomic mass is 19.4. The fourth-order valence-corrected chi connectivity index (χ4v) is 2.68. The second kappa shape index (κ2) is 9.33. The molecule has 0 fully saturated rings. The molecule has 0 spiro atoms. The standard InChI is InChI=1S/C21H19F3N4O3/c1-13-8-19(29)27-20(26-13)28-25-11-14-6-7-17(18(10-14)30-2)31-12-15-4-3-5-16(9-15)21(22,23)24/h3-11H,12H2,1-2H3,(H2,26,27,28,29)/b25-11+. The number of halogens is 3. The van der Waals surface area contributed by atoms with Gasteiger partial charge >= 0.3 is 6.18 Å². The SMILES string of the molecule is COc1cc(/C=N/Nc2nc(C)cc(=O)[nH]2)ccc1OCc1cccc(C(F)(F)F)c1. The Bertz CT molecular complexity index is 1140. The number of hydrogen-bond donors (Lipinski definition) is 2. The fourth-order valence-electron chi connectivity index (χ4n) is 2.68. The van der Waals surface area contributed by atoms with Crippen molar-refractivity contribution in [2.24, 2.45) is 5.10 Å². The number of hydrogen-bond acceptors (Lipinski definition) is 6. The highest BCUT2D eigenvalue weighted by Gasteiger charge is 2.30. The Balaban J connectivity index is 1.68. The van der Waals surface area contributed by atoms with Gasteiger partial charge in [-0.3, -0.25) is 9.78 Å². The Kier molecular flexibility index (Phi) is 6.58. The number of nitrogens with one attached hydrogen (secondary N) is 2. The molecule has 0 radical (unpaired) electrons. The van der Waals surface area contributed by atoms with Crippen LogP contribution in [0.5, 0.6) is 11.5 Å². The lowest BCUT2D eigenvalue weighted by Crippen LogP contribution is -2.10. The van der Waals surface area contributed by atoms with Crippen LogP contribution in [0.15, 0.2) is 58.4 Å². The Morgan fingerprint density at radius 2 is 1.97 bits per heavy atom. The van der Waals surface area contributed by atoms with Crippen molar-refractivity contribution in [2.75, 3.05) is 12.5 Å². The maximum absolute atomic E-state index is 12.8. The largest absolute Gasteiger partial charge is 0.493 e. The van der Waals surface area contributed by atoms with Crippen molar-refractivity contribution in [1.82, 2.24) is 9.97 Å². The van der Waals surface area contributed by atoms with Gasteiger partial charge in [0.05, 0.1) is 18.9 Å². The van der Waals surface area contributed by atoms with E-state index in [0.717, 1.165) is 12.1 Å². The van der Waals surface area contributed by atoms with E-state index in [1.54, 1.807) is 31.2 Å². The number of aryl methyl sites for hydroxylation is 1. The van der Waals surface area contributed by atoms with Crippen LogP contribution in [0.4, 0.5) is 19.1 Å². The third-order valence-corrected chi connectivity index (χ3v) is 4.09. The van der Waals surface area contributed by atoms with E-state index in [9.17, 15) is 18.0 Å². The molecule has 0 atom stereocenters. The van der Waals surface area contributed by atoms with Gasteiger partial charge in [-0.2, -0.15) is 18.3 Å². The lowest BCUT2D eigenvalue weighted by molar-refractivity contribution is -0.137. The number of benzene rings is 2. The molecule has 1 aromatic heterocycles. The summed E-state index contributed by atoms with van der Waals surface area (Å²) in [5.74, 6) is 0.960. The van der Waals surface area contributed by atoms with Crippen molar-refractivity contribution < 1.29 is 22.6 Å². The summed E-state index contributed by atoms with van der Waals surface area (Å²) in [5, 5.41) is 4.01. The molecule has 0 amide bonds. The molecular formula is C21H19F3N4O3. The first-order valence-electron chi connectivity index (χ1n) is 9.08. The highest BCUT2D eigenvalue weighted by molar-refractivity contribution is 5.81. The molecule has 3 aromatic rings. The first kappa shape index (κ1) is 21.9. The minimum Gasteiger partial charge on any atom is -0.493 e. The van der Waals surface area contributed by atoms with Crippen molar-refractivity contribution in [3.8, 4) is 11.5 Å². The van der Waals surface area contributed by atoms with E-state index in [1.165, 1.54) is 25.5 Å². The summed E-state index contributed by atoms with van der Waals surface area (Å²) in [6.45, 7) is 1.63. The van der Waals surface area contributed by atoms with Gasteiger partial charge in [0.1, 0.15) is 6.61 Å². The second-order valence-electron chi connectivity index (χ2n) is 6.50. The third kappa shape index (κ3) is 6.08. The number of alkyl halides is 3. The molecule has 0 saturated carbocycles. The fraction of sp³-hybridized carbons (Fsp3) is 0.190. The summed E-state index contributed by atoms with van der Waals surface area (Å²) in [4.78, 5) is 18.0. The van der Waals surface area contributed by atoms with Crippen LogP contribution in [0.1, 0.15) is 22.4 Å². The number of nitrogens with zero attached hydrogens (tertiary/aromatic N) is 2. The Hall–Kier alpha value is -3.82. The lowest BCUT2D eigenvalue weighted by Gasteiger charge is -2.12. The van der Waals surface area contributed by atoms with Gasteiger partial charge in [-0.25, -0.2) is 10.4 Å². The molecule has 2 N–H and O–H groups in total. The maximum atomic E-state index is 12.8. The number of aromatic amines is 1. The van der Waals surface area contributed by atoms with Crippen LogP contribution >= 0.6 is 0 Å². The summed E-state index contributed by atoms with van der Waals surface area (Å²) >= 11 is 0. The van der Waals surface area contributed by atoms with Crippen LogP contribution in [-0.4, -0.2) is 23.3 Å². The molecule has 0 saturated heterocycles. The van der Waals surface area contributed by atoms with Gasteiger partial charge in [0.15, 0.2) is 11.5 Å². The number of H-pyrrole nitrogens is 1. The predicted octanol–water partition coefficient (Wildman–Crippen LogP) is 4.13. The van der Waals surface area contributed by atoms with Crippen molar-refractivity contribution >= 4 is 12.2 Å². The molecule has 0 bridgehead atoms. The first-order chi connectivity index (χ1) is 14.7. The van der Waals surface area contributed by atoms with Crippen molar-refractivity contribution in [1.29, 1.82) is 0 Å². The van der Waals surface area contributed by atoms with Gasteiger partial charge in [-0.05, 0) is 48.4 Å². The quantitative estimate of drug-likeness (QED) is 0.433.